The lowest BCUT2D eigenvalue weighted by Gasteiger charge is -2.30. The van der Waals surface area contributed by atoms with Crippen LogP contribution in [-0.2, 0) is 0 Å². The van der Waals surface area contributed by atoms with Gasteiger partial charge in [-0.2, -0.15) is 0 Å². The van der Waals surface area contributed by atoms with Gasteiger partial charge in [0, 0.05) is 18.8 Å². The first kappa shape index (κ1) is 16.2. The van der Waals surface area contributed by atoms with Crippen LogP contribution in [0.3, 0.4) is 0 Å². The number of amides is 1. The Balaban J connectivity index is 1.62. The molecule has 1 saturated heterocycles. The molecule has 1 aliphatic heterocycles. The van der Waals surface area contributed by atoms with E-state index in [1.54, 1.807) is 37.6 Å². The van der Waals surface area contributed by atoms with Crippen LogP contribution in [0.15, 0.2) is 36.7 Å². The van der Waals surface area contributed by atoms with E-state index in [1.807, 2.05) is 0 Å². The van der Waals surface area contributed by atoms with Gasteiger partial charge in [-0.3, -0.25) is 4.79 Å². The second kappa shape index (κ2) is 7.29. The highest BCUT2D eigenvalue weighted by atomic mass is 16.5. The highest BCUT2D eigenvalue weighted by Crippen LogP contribution is 2.21. The predicted molar refractivity (Wildman–Crippen MR) is 93.6 cm³/mol. The molecule has 1 aromatic carbocycles. The minimum absolute atomic E-state index is 0.272. The fourth-order valence-electron chi connectivity index (χ4n) is 2.71. The van der Waals surface area contributed by atoms with Crippen LogP contribution in [0, 0.1) is 5.92 Å². The van der Waals surface area contributed by atoms with E-state index < -0.39 is 0 Å². The molecule has 1 amide bonds. The standard InChI is InChI=1S/C18H22N4O2/c1-13-7-9-22(10-8-13)17-12-19-16(11-20-17)18(23)21-14-3-5-15(24-2)6-4-14/h3-6,11-13H,7-10H2,1-2H3,(H,21,23). The van der Waals surface area contributed by atoms with Gasteiger partial charge in [0.15, 0.2) is 0 Å². The first-order valence-electron chi connectivity index (χ1n) is 8.18. The molecule has 126 valence electrons. The molecule has 0 spiro atoms. The van der Waals surface area contributed by atoms with Gasteiger partial charge < -0.3 is 15.0 Å². The Morgan fingerprint density at radius 1 is 1.17 bits per heavy atom. The lowest BCUT2D eigenvalue weighted by molar-refractivity contribution is 0.102. The van der Waals surface area contributed by atoms with Crippen molar-refractivity contribution >= 4 is 17.4 Å². The van der Waals surface area contributed by atoms with E-state index in [1.165, 1.54) is 19.0 Å². The van der Waals surface area contributed by atoms with Crippen LogP contribution < -0.4 is 15.0 Å². The molecule has 0 atom stereocenters. The van der Waals surface area contributed by atoms with Gasteiger partial charge in [-0.1, -0.05) is 6.92 Å². The Morgan fingerprint density at radius 2 is 1.88 bits per heavy atom. The lowest BCUT2D eigenvalue weighted by atomic mass is 9.99. The minimum atomic E-state index is -0.272. The van der Waals surface area contributed by atoms with Gasteiger partial charge in [-0.25, -0.2) is 9.97 Å². The van der Waals surface area contributed by atoms with Gasteiger partial charge in [-0.05, 0) is 43.0 Å². The maximum Gasteiger partial charge on any atom is 0.275 e. The summed E-state index contributed by atoms with van der Waals surface area (Å²) in [7, 11) is 1.60. The van der Waals surface area contributed by atoms with Crippen LogP contribution in [-0.4, -0.2) is 36.1 Å². The number of carbonyl (C=O) groups is 1. The first-order valence-corrected chi connectivity index (χ1v) is 8.18. The van der Waals surface area contributed by atoms with Crippen molar-refractivity contribution in [3.8, 4) is 5.75 Å². The predicted octanol–water partition coefficient (Wildman–Crippen LogP) is 2.97. The fraction of sp³-hybridized carbons (Fsp3) is 0.389. The summed E-state index contributed by atoms with van der Waals surface area (Å²) in [5, 5.41) is 2.80. The third kappa shape index (κ3) is 3.82. The fourth-order valence-corrected chi connectivity index (χ4v) is 2.71. The van der Waals surface area contributed by atoms with E-state index in [2.05, 4.69) is 27.1 Å². The van der Waals surface area contributed by atoms with E-state index in [0.717, 1.165) is 30.6 Å². The van der Waals surface area contributed by atoms with Gasteiger partial charge in [0.05, 0.1) is 19.5 Å². The number of hydrogen-bond acceptors (Lipinski definition) is 5. The summed E-state index contributed by atoms with van der Waals surface area (Å²) in [5.41, 5.74) is 0.997. The molecule has 1 N–H and O–H groups in total. The minimum Gasteiger partial charge on any atom is -0.497 e. The molecule has 0 saturated carbocycles. The lowest BCUT2D eigenvalue weighted by Crippen LogP contribution is -2.33. The maximum absolute atomic E-state index is 12.2. The van der Waals surface area contributed by atoms with Crippen molar-refractivity contribution in [2.45, 2.75) is 19.8 Å². The molecule has 0 radical (unpaired) electrons. The molecule has 3 rings (SSSR count). The largest absolute Gasteiger partial charge is 0.497 e. The van der Waals surface area contributed by atoms with Crippen molar-refractivity contribution in [1.29, 1.82) is 0 Å². The first-order chi connectivity index (χ1) is 11.7. The number of hydrogen-bond donors (Lipinski definition) is 1. The normalized spacial score (nSPS) is 15.2. The molecular weight excluding hydrogens is 304 g/mol. The number of methoxy groups -OCH3 is 1. The molecule has 1 aliphatic rings. The summed E-state index contributed by atoms with van der Waals surface area (Å²) in [6.45, 7) is 4.26. The number of carbonyl (C=O) groups excluding carboxylic acids is 1. The van der Waals surface area contributed by atoms with Gasteiger partial charge in [0.25, 0.3) is 5.91 Å². The smallest absolute Gasteiger partial charge is 0.275 e. The van der Waals surface area contributed by atoms with E-state index >= 15 is 0 Å². The summed E-state index contributed by atoms with van der Waals surface area (Å²) in [6.07, 6.45) is 5.55. The summed E-state index contributed by atoms with van der Waals surface area (Å²) in [6, 6.07) is 7.16. The van der Waals surface area contributed by atoms with E-state index in [-0.39, 0.29) is 5.91 Å². The zero-order valence-electron chi connectivity index (χ0n) is 14.0. The van der Waals surface area contributed by atoms with Gasteiger partial charge in [0.1, 0.15) is 17.3 Å². The zero-order chi connectivity index (χ0) is 16.9. The molecule has 0 unspecified atom stereocenters. The average Bonchev–Trinajstić information content (AvgIpc) is 2.63. The number of piperidine rings is 1. The van der Waals surface area contributed by atoms with Crippen LogP contribution in [0.5, 0.6) is 5.75 Å². The van der Waals surface area contributed by atoms with E-state index in [0.29, 0.717) is 11.4 Å². The number of anilines is 2. The number of nitrogens with one attached hydrogen (secondary N) is 1. The molecular formula is C18H22N4O2. The number of ether oxygens (including phenoxy) is 1. The van der Waals surface area contributed by atoms with Crippen molar-refractivity contribution < 1.29 is 9.53 Å². The van der Waals surface area contributed by atoms with Gasteiger partial charge in [-0.15, -0.1) is 0 Å². The van der Waals surface area contributed by atoms with E-state index in [9.17, 15) is 4.79 Å². The number of nitrogens with zero attached hydrogens (tertiary/aromatic N) is 3. The number of benzene rings is 1. The Morgan fingerprint density at radius 3 is 2.46 bits per heavy atom. The van der Waals surface area contributed by atoms with Crippen molar-refractivity contribution in [2.75, 3.05) is 30.4 Å². The molecule has 24 heavy (non-hydrogen) atoms. The Kier molecular flexibility index (Phi) is 4.93. The van der Waals surface area contributed by atoms with Crippen molar-refractivity contribution in [3.63, 3.8) is 0 Å². The van der Waals surface area contributed by atoms with Crippen LogP contribution in [0.4, 0.5) is 11.5 Å². The highest BCUT2D eigenvalue weighted by molar-refractivity contribution is 6.02. The summed E-state index contributed by atoms with van der Waals surface area (Å²) >= 11 is 0. The third-order valence-corrected chi connectivity index (χ3v) is 4.33. The molecule has 6 nitrogen and oxygen atoms in total. The summed E-state index contributed by atoms with van der Waals surface area (Å²) < 4.78 is 5.10. The quantitative estimate of drug-likeness (QED) is 0.935. The maximum atomic E-state index is 12.2. The van der Waals surface area contributed by atoms with Crippen molar-refractivity contribution in [3.05, 3.63) is 42.4 Å². The molecule has 6 heteroatoms. The third-order valence-electron chi connectivity index (χ3n) is 4.33. The van der Waals surface area contributed by atoms with Crippen LogP contribution in [0.1, 0.15) is 30.3 Å². The average molecular weight is 326 g/mol. The van der Waals surface area contributed by atoms with Crippen molar-refractivity contribution in [1.82, 2.24) is 9.97 Å². The molecule has 2 heterocycles. The number of aromatic nitrogens is 2. The Bertz CT molecular complexity index is 677. The second-order valence-corrected chi connectivity index (χ2v) is 6.11. The monoisotopic (exact) mass is 326 g/mol. The molecule has 0 aliphatic carbocycles. The molecule has 2 aromatic rings. The Hall–Kier alpha value is -2.63. The summed E-state index contributed by atoms with van der Waals surface area (Å²) in [5.74, 6) is 2.08. The van der Waals surface area contributed by atoms with Crippen molar-refractivity contribution in [2.24, 2.45) is 5.92 Å². The highest BCUT2D eigenvalue weighted by Gasteiger charge is 2.17. The van der Waals surface area contributed by atoms with Gasteiger partial charge >= 0.3 is 0 Å². The molecule has 0 bridgehead atoms. The molecule has 1 fully saturated rings. The van der Waals surface area contributed by atoms with Crippen LogP contribution >= 0.6 is 0 Å². The second-order valence-electron chi connectivity index (χ2n) is 6.11. The summed E-state index contributed by atoms with van der Waals surface area (Å²) in [4.78, 5) is 23.1. The molecule has 1 aromatic heterocycles. The SMILES string of the molecule is COc1ccc(NC(=O)c2cnc(N3CCC(C)CC3)cn2)cc1. The topological polar surface area (TPSA) is 67.3 Å². The Labute approximate surface area is 141 Å². The number of rotatable bonds is 4. The van der Waals surface area contributed by atoms with E-state index in [4.69, 9.17) is 4.74 Å². The van der Waals surface area contributed by atoms with Gasteiger partial charge in [0.2, 0.25) is 0 Å². The zero-order valence-corrected chi connectivity index (χ0v) is 14.0. The van der Waals surface area contributed by atoms with Crippen LogP contribution in [0.2, 0.25) is 0 Å². The van der Waals surface area contributed by atoms with Crippen LogP contribution in [0.25, 0.3) is 0 Å².